The summed E-state index contributed by atoms with van der Waals surface area (Å²) in [5.41, 5.74) is 3.86. The van der Waals surface area contributed by atoms with E-state index in [1.807, 2.05) is 26.2 Å². The van der Waals surface area contributed by atoms with Crippen molar-refractivity contribution >= 4 is 0 Å². The second-order valence-electron chi connectivity index (χ2n) is 5.75. The van der Waals surface area contributed by atoms with Crippen LogP contribution in [0.2, 0.25) is 0 Å². The molecule has 1 fully saturated rings. The molecule has 0 bridgehead atoms. The summed E-state index contributed by atoms with van der Waals surface area (Å²) in [6.07, 6.45) is 5.97. The lowest BCUT2D eigenvalue weighted by Crippen LogP contribution is -2.43. The maximum atomic E-state index is 4.92. The van der Waals surface area contributed by atoms with Crippen LogP contribution in [-0.2, 0) is 22.8 Å². The highest BCUT2D eigenvalue weighted by molar-refractivity contribution is 5.05. The van der Waals surface area contributed by atoms with Crippen molar-refractivity contribution in [2.45, 2.75) is 39.3 Å². The Bertz CT molecular complexity index is 407. The molecular formula is C15H27N5O2. The molecule has 1 saturated heterocycles. The van der Waals surface area contributed by atoms with Crippen LogP contribution in [0, 0.1) is 0 Å². The Balaban J connectivity index is 1.61. The molecule has 0 amide bonds. The van der Waals surface area contributed by atoms with Crippen molar-refractivity contribution in [2.75, 3.05) is 32.7 Å². The predicted molar refractivity (Wildman–Crippen MR) is 83.8 cm³/mol. The molecule has 2 rings (SSSR count). The first-order chi connectivity index (χ1) is 10.7. The van der Waals surface area contributed by atoms with Crippen molar-refractivity contribution in [1.82, 2.24) is 25.7 Å². The Morgan fingerprint density at radius 2 is 2.00 bits per heavy atom. The maximum absolute atomic E-state index is 4.92. The Labute approximate surface area is 132 Å². The smallest absolute Gasteiger partial charge is 0.144 e. The number of rotatable bonds is 9. The van der Waals surface area contributed by atoms with Crippen LogP contribution in [-0.4, -0.2) is 53.7 Å². The molecule has 0 aromatic carbocycles. The first kappa shape index (κ1) is 17.2. The van der Waals surface area contributed by atoms with E-state index in [4.69, 9.17) is 9.88 Å². The SMILES string of the molecule is CC(C)OONCc1ncc(CCCN2CCNCC2)cn1. The molecule has 1 aliphatic heterocycles. The number of nitrogens with zero attached hydrogens (tertiary/aromatic N) is 3. The molecule has 0 spiro atoms. The number of hydroxylamine groups is 1. The Morgan fingerprint density at radius 1 is 1.27 bits per heavy atom. The summed E-state index contributed by atoms with van der Waals surface area (Å²) in [5.74, 6) is 0.693. The van der Waals surface area contributed by atoms with E-state index in [9.17, 15) is 0 Å². The lowest BCUT2D eigenvalue weighted by molar-refractivity contribution is -0.358. The highest BCUT2D eigenvalue weighted by Gasteiger charge is 2.08. The van der Waals surface area contributed by atoms with Crippen molar-refractivity contribution in [3.05, 3.63) is 23.8 Å². The molecular weight excluding hydrogens is 282 g/mol. The fourth-order valence-electron chi connectivity index (χ4n) is 2.27. The van der Waals surface area contributed by atoms with Crippen molar-refractivity contribution < 1.29 is 9.88 Å². The second-order valence-corrected chi connectivity index (χ2v) is 5.75. The molecule has 2 heterocycles. The third-order valence-corrected chi connectivity index (χ3v) is 3.44. The van der Waals surface area contributed by atoms with Gasteiger partial charge in [0, 0.05) is 38.6 Å². The van der Waals surface area contributed by atoms with E-state index in [0.717, 1.165) is 45.6 Å². The van der Waals surface area contributed by atoms with Crippen molar-refractivity contribution in [3.63, 3.8) is 0 Å². The number of nitrogens with one attached hydrogen (secondary N) is 2. The third-order valence-electron chi connectivity index (χ3n) is 3.44. The summed E-state index contributed by atoms with van der Waals surface area (Å²) in [7, 11) is 0. The number of aryl methyl sites for hydroxylation is 1. The van der Waals surface area contributed by atoms with Crippen LogP contribution in [0.25, 0.3) is 0 Å². The van der Waals surface area contributed by atoms with Gasteiger partial charge in [0.2, 0.25) is 0 Å². The largest absolute Gasteiger partial charge is 0.314 e. The standard InChI is InChI=1S/C15H27N5O2/c1-13(2)21-22-19-12-15-17-10-14(11-18-15)4-3-7-20-8-5-16-6-9-20/h10-11,13,16,19H,3-9,12H2,1-2H3. The van der Waals surface area contributed by atoms with Gasteiger partial charge in [-0.1, -0.05) is 0 Å². The molecule has 124 valence electrons. The lowest BCUT2D eigenvalue weighted by Gasteiger charge is -2.26. The van der Waals surface area contributed by atoms with E-state index in [1.54, 1.807) is 0 Å². The summed E-state index contributed by atoms with van der Waals surface area (Å²) in [6, 6.07) is 0. The van der Waals surface area contributed by atoms with Gasteiger partial charge < -0.3 is 10.2 Å². The van der Waals surface area contributed by atoms with Gasteiger partial charge in [0.15, 0.2) is 0 Å². The molecule has 0 atom stereocenters. The molecule has 0 aliphatic carbocycles. The summed E-state index contributed by atoms with van der Waals surface area (Å²) >= 11 is 0. The molecule has 7 heteroatoms. The van der Waals surface area contributed by atoms with E-state index in [-0.39, 0.29) is 6.10 Å². The molecule has 1 aliphatic rings. The van der Waals surface area contributed by atoms with Gasteiger partial charge in [-0.2, -0.15) is 5.48 Å². The maximum Gasteiger partial charge on any atom is 0.144 e. The molecule has 7 nitrogen and oxygen atoms in total. The zero-order valence-corrected chi connectivity index (χ0v) is 13.5. The van der Waals surface area contributed by atoms with Crippen LogP contribution in [0.15, 0.2) is 12.4 Å². The zero-order chi connectivity index (χ0) is 15.6. The number of hydrogen-bond donors (Lipinski definition) is 2. The molecule has 1 aromatic heterocycles. The summed E-state index contributed by atoms with van der Waals surface area (Å²) in [4.78, 5) is 20.9. The van der Waals surface area contributed by atoms with Crippen LogP contribution in [0.4, 0.5) is 0 Å². The minimum atomic E-state index is 0.0199. The highest BCUT2D eigenvalue weighted by Crippen LogP contribution is 2.03. The molecule has 0 unspecified atom stereocenters. The zero-order valence-electron chi connectivity index (χ0n) is 13.5. The van der Waals surface area contributed by atoms with Gasteiger partial charge in [0.25, 0.3) is 0 Å². The summed E-state index contributed by atoms with van der Waals surface area (Å²) in [6.45, 7) is 9.87. The normalized spacial score (nSPS) is 16.3. The molecule has 22 heavy (non-hydrogen) atoms. The van der Waals surface area contributed by atoms with E-state index in [2.05, 4.69) is 25.7 Å². The number of piperazine rings is 1. The Kier molecular flexibility index (Phi) is 7.68. The van der Waals surface area contributed by atoms with Crippen LogP contribution in [0.3, 0.4) is 0 Å². The van der Waals surface area contributed by atoms with E-state index in [0.29, 0.717) is 12.4 Å². The van der Waals surface area contributed by atoms with Gasteiger partial charge in [-0.25, -0.2) is 14.9 Å². The average molecular weight is 309 g/mol. The summed E-state index contributed by atoms with van der Waals surface area (Å²) in [5, 5.41) is 3.37. The van der Waals surface area contributed by atoms with Gasteiger partial charge in [-0.05, 0) is 38.8 Å². The van der Waals surface area contributed by atoms with E-state index in [1.165, 1.54) is 5.56 Å². The fraction of sp³-hybridized carbons (Fsp3) is 0.733. The van der Waals surface area contributed by atoms with Gasteiger partial charge in [0.1, 0.15) is 5.82 Å². The van der Waals surface area contributed by atoms with Gasteiger partial charge in [-0.15, -0.1) is 4.99 Å². The van der Waals surface area contributed by atoms with Gasteiger partial charge >= 0.3 is 0 Å². The first-order valence-electron chi connectivity index (χ1n) is 8.02. The molecule has 2 N–H and O–H groups in total. The van der Waals surface area contributed by atoms with Crippen molar-refractivity contribution in [2.24, 2.45) is 0 Å². The summed E-state index contributed by atoms with van der Waals surface area (Å²) < 4.78 is 0. The van der Waals surface area contributed by atoms with Gasteiger partial charge in [0.05, 0.1) is 12.6 Å². The quantitative estimate of drug-likeness (QED) is 0.395. The predicted octanol–water partition coefficient (Wildman–Crippen LogP) is 0.676. The second kappa shape index (κ2) is 9.81. The van der Waals surface area contributed by atoms with Gasteiger partial charge in [-0.3, -0.25) is 0 Å². The Morgan fingerprint density at radius 3 is 2.68 bits per heavy atom. The lowest BCUT2D eigenvalue weighted by atomic mass is 10.2. The number of hydrogen-bond acceptors (Lipinski definition) is 7. The average Bonchev–Trinajstić information content (AvgIpc) is 2.54. The monoisotopic (exact) mass is 309 g/mol. The number of aromatic nitrogens is 2. The molecule has 0 saturated carbocycles. The Hall–Kier alpha value is -1.12. The molecule has 0 radical (unpaired) electrons. The minimum absolute atomic E-state index is 0.0199. The van der Waals surface area contributed by atoms with Crippen LogP contribution < -0.4 is 10.8 Å². The fourth-order valence-corrected chi connectivity index (χ4v) is 2.27. The van der Waals surface area contributed by atoms with E-state index < -0.39 is 0 Å². The highest BCUT2D eigenvalue weighted by atomic mass is 17.3. The minimum Gasteiger partial charge on any atom is -0.314 e. The van der Waals surface area contributed by atoms with E-state index >= 15 is 0 Å². The topological polar surface area (TPSA) is 71.5 Å². The third kappa shape index (κ3) is 6.76. The van der Waals surface area contributed by atoms with Crippen LogP contribution in [0.1, 0.15) is 31.7 Å². The first-order valence-corrected chi connectivity index (χ1v) is 8.02. The van der Waals surface area contributed by atoms with Crippen LogP contribution >= 0.6 is 0 Å². The van der Waals surface area contributed by atoms with Crippen molar-refractivity contribution in [1.29, 1.82) is 0 Å². The van der Waals surface area contributed by atoms with Crippen molar-refractivity contribution in [3.8, 4) is 0 Å². The molecule has 1 aromatic rings. The van der Waals surface area contributed by atoms with Crippen LogP contribution in [0.5, 0.6) is 0 Å².